The average molecular weight is 363 g/mol. The zero-order chi connectivity index (χ0) is 13.4. The highest BCUT2D eigenvalue weighted by Gasteiger charge is 2.11. The lowest BCUT2D eigenvalue weighted by atomic mass is 10.2. The van der Waals surface area contributed by atoms with Crippen LogP contribution in [0.15, 0.2) is 17.3 Å². The van der Waals surface area contributed by atoms with Crippen molar-refractivity contribution in [1.82, 2.24) is 0 Å². The lowest BCUT2D eigenvalue weighted by molar-refractivity contribution is 0.271. The van der Waals surface area contributed by atoms with Gasteiger partial charge in [0.15, 0.2) is 11.5 Å². The van der Waals surface area contributed by atoms with Crippen LogP contribution in [-0.2, 0) is 0 Å². The molecular formula is C13H18INO3. The fourth-order valence-corrected chi connectivity index (χ4v) is 2.23. The molecular weight excluding hydrogens is 345 g/mol. The molecule has 0 aliphatic carbocycles. The summed E-state index contributed by atoms with van der Waals surface area (Å²) in [6, 6.07) is 3.71. The largest absolute Gasteiger partial charge is 0.490 e. The number of halogens is 1. The average Bonchev–Trinajstić information content (AvgIpc) is 2.33. The minimum atomic E-state index is 0.569. The molecule has 0 atom stereocenters. The standard InChI is InChI=1S/C13H18INO3/c1-3-5-6-18-13-11(14)7-10(9-15-16)8-12(13)17-4-2/h7-9,16H,3-6H2,1-2H3/b15-9+. The summed E-state index contributed by atoms with van der Waals surface area (Å²) in [6.45, 7) is 5.30. The summed E-state index contributed by atoms with van der Waals surface area (Å²) >= 11 is 2.19. The van der Waals surface area contributed by atoms with Crippen LogP contribution in [0.1, 0.15) is 32.3 Å². The summed E-state index contributed by atoms with van der Waals surface area (Å²) in [5.74, 6) is 1.45. The quantitative estimate of drug-likeness (QED) is 0.264. The second-order valence-electron chi connectivity index (χ2n) is 3.71. The molecule has 5 heteroatoms. The molecule has 1 aromatic carbocycles. The lowest BCUT2D eigenvalue weighted by Crippen LogP contribution is -2.03. The van der Waals surface area contributed by atoms with Gasteiger partial charge >= 0.3 is 0 Å². The third-order valence-electron chi connectivity index (χ3n) is 2.28. The molecule has 18 heavy (non-hydrogen) atoms. The molecule has 0 aliphatic heterocycles. The van der Waals surface area contributed by atoms with E-state index in [9.17, 15) is 0 Å². The number of hydrogen-bond donors (Lipinski definition) is 1. The number of unbranched alkanes of at least 4 members (excludes halogenated alkanes) is 1. The predicted molar refractivity (Wildman–Crippen MR) is 80.1 cm³/mol. The molecule has 0 radical (unpaired) electrons. The number of nitrogens with zero attached hydrogens (tertiary/aromatic N) is 1. The van der Waals surface area contributed by atoms with Crippen LogP contribution in [0.25, 0.3) is 0 Å². The fraction of sp³-hybridized carbons (Fsp3) is 0.462. The number of hydrogen-bond acceptors (Lipinski definition) is 4. The second kappa shape index (κ2) is 8.18. The molecule has 0 amide bonds. The van der Waals surface area contributed by atoms with Gasteiger partial charge in [-0.1, -0.05) is 18.5 Å². The van der Waals surface area contributed by atoms with Crippen molar-refractivity contribution in [2.24, 2.45) is 5.16 Å². The van der Waals surface area contributed by atoms with Gasteiger partial charge in [0.2, 0.25) is 0 Å². The highest BCUT2D eigenvalue weighted by molar-refractivity contribution is 14.1. The van der Waals surface area contributed by atoms with E-state index in [-0.39, 0.29) is 0 Å². The van der Waals surface area contributed by atoms with E-state index >= 15 is 0 Å². The summed E-state index contributed by atoms with van der Waals surface area (Å²) in [7, 11) is 0. The van der Waals surface area contributed by atoms with Crippen LogP contribution in [0.5, 0.6) is 11.5 Å². The lowest BCUT2D eigenvalue weighted by Gasteiger charge is -2.14. The molecule has 0 spiro atoms. The van der Waals surface area contributed by atoms with Crippen LogP contribution < -0.4 is 9.47 Å². The van der Waals surface area contributed by atoms with E-state index in [0.29, 0.717) is 19.0 Å². The maximum absolute atomic E-state index is 8.57. The monoisotopic (exact) mass is 363 g/mol. The van der Waals surface area contributed by atoms with Gasteiger partial charge in [0.1, 0.15) is 0 Å². The minimum Gasteiger partial charge on any atom is -0.490 e. The van der Waals surface area contributed by atoms with Crippen molar-refractivity contribution < 1.29 is 14.7 Å². The normalized spacial score (nSPS) is 10.8. The Morgan fingerprint density at radius 2 is 2.11 bits per heavy atom. The van der Waals surface area contributed by atoms with Gasteiger partial charge in [-0.3, -0.25) is 0 Å². The first-order chi connectivity index (χ1) is 8.72. The second-order valence-corrected chi connectivity index (χ2v) is 4.87. The van der Waals surface area contributed by atoms with Gasteiger partial charge in [-0.25, -0.2) is 0 Å². The van der Waals surface area contributed by atoms with Crippen molar-refractivity contribution in [2.45, 2.75) is 26.7 Å². The fourth-order valence-electron chi connectivity index (χ4n) is 1.45. The number of rotatable bonds is 7. The molecule has 4 nitrogen and oxygen atoms in total. The van der Waals surface area contributed by atoms with Crippen LogP contribution in [0, 0.1) is 3.57 Å². The van der Waals surface area contributed by atoms with E-state index in [0.717, 1.165) is 27.7 Å². The van der Waals surface area contributed by atoms with Gasteiger partial charge < -0.3 is 14.7 Å². The molecule has 100 valence electrons. The molecule has 0 fully saturated rings. The Balaban J connectivity index is 2.98. The van der Waals surface area contributed by atoms with E-state index < -0.39 is 0 Å². The number of benzene rings is 1. The maximum atomic E-state index is 8.57. The Labute approximate surface area is 121 Å². The maximum Gasteiger partial charge on any atom is 0.174 e. The summed E-state index contributed by atoms with van der Waals surface area (Å²) in [4.78, 5) is 0. The molecule has 0 saturated heterocycles. The zero-order valence-electron chi connectivity index (χ0n) is 10.6. The molecule has 1 rings (SSSR count). The Kier molecular flexibility index (Phi) is 6.85. The van der Waals surface area contributed by atoms with Gasteiger partial charge in [0.25, 0.3) is 0 Å². The molecule has 0 aromatic heterocycles. The van der Waals surface area contributed by atoms with Gasteiger partial charge in [-0.15, -0.1) is 0 Å². The van der Waals surface area contributed by atoms with Crippen molar-refractivity contribution in [3.63, 3.8) is 0 Å². The molecule has 0 unspecified atom stereocenters. The van der Waals surface area contributed by atoms with Crippen LogP contribution >= 0.6 is 22.6 Å². The van der Waals surface area contributed by atoms with Crippen LogP contribution in [0.4, 0.5) is 0 Å². The predicted octanol–water partition coefficient (Wildman–Crippen LogP) is 3.68. The molecule has 0 bridgehead atoms. The van der Waals surface area contributed by atoms with E-state index in [1.807, 2.05) is 19.1 Å². The minimum absolute atomic E-state index is 0.569. The Hall–Kier alpha value is -0.980. The third-order valence-corrected chi connectivity index (χ3v) is 3.08. The van der Waals surface area contributed by atoms with E-state index in [1.54, 1.807) is 0 Å². The third kappa shape index (κ3) is 4.36. The van der Waals surface area contributed by atoms with Crippen LogP contribution in [0.2, 0.25) is 0 Å². The number of ether oxygens (including phenoxy) is 2. The van der Waals surface area contributed by atoms with Gasteiger partial charge in [-0.05, 0) is 48.1 Å². The number of oxime groups is 1. The zero-order valence-corrected chi connectivity index (χ0v) is 12.8. The Morgan fingerprint density at radius 3 is 2.72 bits per heavy atom. The molecule has 1 aromatic rings. The highest BCUT2D eigenvalue weighted by Crippen LogP contribution is 2.34. The summed E-state index contributed by atoms with van der Waals surface area (Å²) in [5, 5.41) is 11.6. The summed E-state index contributed by atoms with van der Waals surface area (Å²) in [5.41, 5.74) is 0.785. The van der Waals surface area contributed by atoms with Gasteiger partial charge in [-0.2, -0.15) is 0 Å². The van der Waals surface area contributed by atoms with Gasteiger partial charge in [0.05, 0.1) is 23.0 Å². The first-order valence-corrected chi connectivity index (χ1v) is 7.07. The first kappa shape index (κ1) is 15.1. The van der Waals surface area contributed by atoms with Crippen molar-refractivity contribution in [3.05, 3.63) is 21.3 Å². The van der Waals surface area contributed by atoms with Crippen molar-refractivity contribution in [1.29, 1.82) is 0 Å². The Bertz CT molecular complexity index is 407. The van der Waals surface area contributed by atoms with Crippen molar-refractivity contribution in [2.75, 3.05) is 13.2 Å². The van der Waals surface area contributed by atoms with Gasteiger partial charge in [0, 0.05) is 5.56 Å². The van der Waals surface area contributed by atoms with E-state index in [1.165, 1.54) is 6.21 Å². The summed E-state index contributed by atoms with van der Waals surface area (Å²) in [6.07, 6.45) is 3.48. The smallest absolute Gasteiger partial charge is 0.174 e. The molecule has 0 saturated carbocycles. The highest BCUT2D eigenvalue weighted by atomic mass is 127. The first-order valence-electron chi connectivity index (χ1n) is 5.99. The van der Waals surface area contributed by atoms with E-state index in [2.05, 4.69) is 34.7 Å². The van der Waals surface area contributed by atoms with Crippen LogP contribution in [-0.4, -0.2) is 24.6 Å². The molecule has 0 aliphatic rings. The topological polar surface area (TPSA) is 51.0 Å². The SMILES string of the molecule is CCCCOc1c(I)cc(/C=N/O)cc1OCC. The van der Waals surface area contributed by atoms with E-state index in [4.69, 9.17) is 14.7 Å². The molecule has 0 heterocycles. The molecule has 1 N–H and O–H groups in total. The van der Waals surface area contributed by atoms with Crippen LogP contribution in [0.3, 0.4) is 0 Å². The Morgan fingerprint density at radius 1 is 1.33 bits per heavy atom. The summed E-state index contributed by atoms with van der Waals surface area (Å²) < 4.78 is 12.3. The van der Waals surface area contributed by atoms with Crippen molar-refractivity contribution >= 4 is 28.8 Å². The van der Waals surface area contributed by atoms with Crippen molar-refractivity contribution in [3.8, 4) is 11.5 Å².